The van der Waals surface area contributed by atoms with Gasteiger partial charge in [0.1, 0.15) is 0 Å². The molecule has 0 spiro atoms. The van der Waals surface area contributed by atoms with E-state index in [2.05, 4.69) is 20.8 Å². The second-order valence-electron chi connectivity index (χ2n) is 5.47. The van der Waals surface area contributed by atoms with E-state index in [1.54, 1.807) is 7.05 Å². The highest BCUT2D eigenvalue weighted by molar-refractivity contribution is 5.73. The first-order valence-corrected chi connectivity index (χ1v) is 6.22. The van der Waals surface area contributed by atoms with Crippen molar-refractivity contribution in [1.82, 2.24) is 4.57 Å². The molecule has 0 aliphatic heterocycles. The SMILES string of the molecule is CCC(C)(C)C(N)c1ccc2c(c1)oc(=O)n2C. The average Bonchev–Trinajstić information content (AvgIpc) is 2.63. The highest BCUT2D eigenvalue weighted by Crippen LogP contribution is 2.35. The molecule has 0 aliphatic rings. The van der Waals surface area contributed by atoms with E-state index in [0.29, 0.717) is 5.58 Å². The van der Waals surface area contributed by atoms with E-state index in [1.165, 1.54) is 4.57 Å². The van der Waals surface area contributed by atoms with Crippen LogP contribution in [0.4, 0.5) is 0 Å². The monoisotopic (exact) mass is 248 g/mol. The van der Waals surface area contributed by atoms with Gasteiger partial charge in [0.05, 0.1) is 5.52 Å². The van der Waals surface area contributed by atoms with Crippen molar-refractivity contribution in [3.05, 3.63) is 34.3 Å². The fraction of sp³-hybridized carbons (Fsp3) is 0.500. The third-order valence-corrected chi connectivity index (χ3v) is 3.93. The molecule has 4 heteroatoms. The minimum absolute atomic E-state index is 0.0166. The molecule has 98 valence electrons. The van der Waals surface area contributed by atoms with Crippen molar-refractivity contribution in [1.29, 1.82) is 0 Å². The minimum atomic E-state index is -0.342. The summed E-state index contributed by atoms with van der Waals surface area (Å²) in [4.78, 5) is 11.4. The number of aryl methyl sites for hydroxylation is 1. The molecule has 1 aromatic carbocycles. The van der Waals surface area contributed by atoms with E-state index >= 15 is 0 Å². The summed E-state index contributed by atoms with van der Waals surface area (Å²) >= 11 is 0. The highest BCUT2D eigenvalue weighted by Gasteiger charge is 2.26. The second-order valence-corrected chi connectivity index (χ2v) is 5.47. The van der Waals surface area contributed by atoms with Crippen LogP contribution in [0.15, 0.2) is 27.4 Å². The number of hydrogen-bond donors (Lipinski definition) is 1. The lowest BCUT2D eigenvalue weighted by molar-refractivity contribution is 0.278. The van der Waals surface area contributed by atoms with Crippen LogP contribution in [-0.4, -0.2) is 4.57 Å². The van der Waals surface area contributed by atoms with E-state index in [1.807, 2.05) is 18.2 Å². The molecule has 2 rings (SSSR count). The molecule has 2 aromatic rings. The van der Waals surface area contributed by atoms with Crippen LogP contribution in [0, 0.1) is 5.41 Å². The van der Waals surface area contributed by atoms with Gasteiger partial charge in [-0.3, -0.25) is 4.57 Å². The molecule has 1 unspecified atom stereocenters. The van der Waals surface area contributed by atoms with Crippen molar-refractivity contribution >= 4 is 11.1 Å². The fourth-order valence-corrected chi connectivity index (χ4v) is 2.01. The van der Waals surface area contributed by atoms with Crippen LogP contribution in [-0.2, 0) is 7.05 Å². The van der Waals surface area contributed by atoms with Gasteiger partial charge in [0.15, 0.2) is 5.58 Å². The van der Waals surface area contributed by atoms with Crippen molar-refractivity contribution in [3.63, 3.8) is 0 Å². The van der Waals surface area contributed by atoms with Crippen molar-refractivity contribution in [3.8, 4) is 0 Å². The lowest BCUT2D eigenvalue weighted by Gasteiger charge is -2.30. The number of rotatable bonds is 3. The van der Waals surface area contributed by atoms with Gasteiger partial charge < -0.3 is 10.2 Å². The summed E-state index contributed by atoms with van der Waals surface area (Å²) in [6.45, 7) is 6.41. The molecule has 0 bridgehead atoms. The van der Waals surface area contributed by atoms with Crippen LogP contribution in [0.2, 0.25) is 0 Å². The molecule has 1 atom stereocenters. The van der Waals surface area contributed by atoms with Gasteiger partial charge in [0.25, 0.3) is 0 Å². The molecule has 1 aromatic heterocycles. The van der Waals surface area contributed by atoms with Gasteiger partial charge in [-0.05, 0) is 29.5 Å². The summed E-state index contributed by atoms with van der Waals surface area (Å²) in [6.07, 6.45) is 0.991. The van der Waals surface area contributed by atoms with Gasteiger partial charge >= 0.3 is 5.76 Å². The van der Waals surface area contributed by atoms with Crippen LogP contribution < -0.4 is 11.5 Å². The first-order chi connectivity index (χ1) is 8.36. The predicted octanol–water partition coefficient (Wildman–Crippen LogP) is 2.57. The van der Waals surface area contributed by atoms with E-state index < -0.39 is 0 Å². The zero-order valence-corrected chi connectivity index (χ0v) is 11.4. The average molecular weight is 248 g/mol. The fourth-order valence-electron chi connectivity index (χ4n) is 2.01. The molecule has 4 nitrogen and oxygen atoms in total. The van der Waals surface area contributed by atoms with Gasteiger partial charge in [-0.2, -0.15) is 0 Å². The molecule has 1 heterocycles. The number of hydrogen-bond acceptors (Lipinski definition) is 3. The Morgan fingerprint density at radius 1 is 1.44 bits per heavy atom. The van der Waals surface area contributed by atoms with E-state index in [0.717, 1.165) is 17.5 Å². The Bertz CT molecular complexity index is 622. The maximum absolute atomic E-state index is 11.4. The van der Waals surface area contributed by atoms with Crippen molar-refractivity contribution < 1.29 is 4.42 Å². The van der Waals surface area contributed by atoms with Crippen LogP contribution in [0.1, 0.15) is 38.8 Å². The van der Waals surface area contributed by atoms with Crippen LogP contribution in [0.25, 0.3) is 11.1 Å². The number of aromatic nitrogens is 1. The standard InChI is InChI=1S/C14H20N2O2/c1-5-14(2,3)12(15)9-6-7-10-11(8-9)18-13(17)16(10)4/h6-8,12H,5,15H2,1-4H3. The summed E-state index contributed by atoms with van der Waals surface area (Å²) in [7, 11) is 1.70. The Hall–Kier alpha value is -1.55. The zero-order chi connectivity index (χ0) is 13.5. The smallest absolute Gasteiger partial charge is 0.408 e. The van der Waals surface area contributed by atoms with Gasteiger partial charge in [-0.15, -0.1) is 0 Å². The lowest BCUT2D eigenvalue weighted by Crippen LogP contribution is -2.28. The molecule has 18 heavy (non-hydrogen) atoms. The normalized spacial score (nSPS) is 14.1. The molecule has 0 amide bonds. The summed E-state index contributed by atoms with van der Waals surface area (Å²) < 4.78 is 6.68. The molecule has 0 aliphatic carbocycles. The van der Waals surface area contributed by atoms with Gasteiger partial charge in [0, 0.05) is 13.1 Å². The second kappa shape index (κ2) is 4.28. The third-order valence-electron chi connectivity index (χ3n) is 3.93. The maximum Gasteiger partial charge on any atom is 0.419 e. The van der Waals surface area contributed by atoms with E-state index in [-0.39, 0.29) is 17.2 Å². The van der Waals surface area contributed by atoms with E-state index in [4.69, 9.17) is 10.2 Å². The molecule has 0 fully saturated rings. The number of oxazole rings is 1. The molecule has 0 saturated carbocycles. The first kappa shape index (κ1) is 12.9. The Morgan fingerprint density at radius 2 is 2.11 bits per heavy atom. The number of nitrogens with zero attached hydrogens (tertiary/aromatic N) is 1. The van der Waals surface area contributed by atoms with Gasteiger partial charge in [0.2, 0.25) is 0 Å². The Labute approximate surface area is 106 Å². The highest BCUT2D eigenvalue weighted by atomic mass is 16.4. The lowest BCUT2D eigenvalue weighted by atomic mass is 9.79. The molecule has 0 saturated heterocycles. The molecule has 0 radical (unpaired) electrons. The Morgan fingerprint density at radius 3 is 2.72 bits per heavy atom. The van der Waals surface area contributed by atoms with E-state index in [9.17, 15) is 4.79 Å². The number of nitrogens with two attached hydrogens (primary N) is 1. The Balaban J connectivity index is 2.51. The Kier molecular flexibility index (Phi) is 3.07. The summed E-state index contributed by atoms with van der Waals surface area (Å²) in [6, 6.07) is 5.66. The number of benzene rings is 1. The largest absolute Gasteiger partial charge is 0.419 e. The maximum atomic E-state index is 11.4. The topological polar surface area (TPSA) is 61.2 Å². The molecule has 2 N–H and O–H groups in total. The first-order valence-electron chi connectivity index (χ1n) is 6.22. The number of fused-ring (bicyclic) bond motifs is 1. The van der Waals surface area contributed by atoms with Gasteiger partial charge in [-0.25, -0.2) is 4.79 Å². The zero-order valence-electron chi connectivity index (χ0n) is 11.4. The van der Waals surface area contributed by atoms with Crippen LogP contribution >= 0.6 is 0 Å². The third kappa shape index (κ3) is 1.97. The van der Waals surface area contributed by atoms with Crippen molar-refractivity contribution in [2.24, 2.45) is 18.2 Å². The van der Waals surface area contributed by atoms with Crippen molar-refractivity contribution in [2.75, 3.05) is 0 Å². The summed E-state index contributed by atoms with van der Waals surface area (Å²) in [5.41, 5.74) is 8.71. The molecular weight excluding hydrogens is 228 g/mol. The van der Waals surface area contributed by atoms with Crippen molar-refractivity contribution in [2.45, 2.75) is 33.2 Å². The summed E-state index contributed by atoms with van der Waals surface area (Å²) in [5, 5.41) is 0. The van der Waals surface area contributed by atoms with Crippen LogP contribution in [0.5, 0.6) is 0 Å². The minimum Gasteiger partial charge on any atom is -0.408 e. The van der Waals surface area contributed by atoms with Gasteiger partial charge in [-0.1, -0.05) is 26.8 Å². The predicted molar refractivity (Wildman–Crippen MR) is 72.5 cm³/mol. The summed E-state index contributed by atoms with van der Waals surface area (Å²) in [5.74, 6) is -0.342. The molecular formula is C14H20N2O2. The van der Waals surface area contributed by atoms with Crippen LogP contribution in [0.3, 0.4) is 0 Å². The quantitative estimate of drug-likeness (QED) is 0.908.